The van der Waals surface area contributed by atoms with Gasteiger partial charge in [0.1, 0.15) is 17.6 Å². The van der Waals surface area contributed by atoms with Gasteiger partial charge in [0.2, 0.25) is 5.91 Å². The van der Waals surface area contributed by atoms with E-state index in [9.17, 15) is 19.6 Å². The van der Waals surface area contributed by atoms with Crippen molar-refractivity contribution in [2.75, 3.05) is 6.54 Å². The summed E-state index contributed by atoms with van der Waals surface area (Å²) in [6, 6.07) is 10.5. The minimum absolute atomic E-state index is 0.124. The largest absolute Gasteiger partial charge is 0.336 e. The molecule has 0 radical (unpaired) electrons. The van der Waals surface area contributed by atoms with E-state index in [1.54, 1.807) is 31.2 Å². The molecule has 1 aromatic carbocycles. The van der Waals surface area contributed by atoms with Crippen LogP contribution in [-0.2, 0) is 15.1 Å². The minimum atomic E-state index is -1.16. The van der Waals surface area contributed by atoms with Gasteiger partial charge in [-0.2, -0.15) is 5.26 Å². The van der Waals surface area contributed by atoms with Gasteiger partial charge in [0.25, 0.3) is 5.91 Å². The summed E-state index contributed by atoms with van der Waals surface area (Å²) in [6.07, 6.45) is 2.15. The molecule has 7 heteroatoms. The molecule has 2 N–H and O–H groups in total. The molecule has 4 amide bonds. The first-order valence-corrected chi connectivity index (χ1v) is 8.78. The average molecular weight is 354 g/mol. The van der Waals surface area contributed by atoms with Crippen LogP contribution in [0.15, 0.2) is 30.3 Å². The number of urea groups is 1. The lowest BCUT2D eigenvalue weighted by molar-refractivity contribution is -0.135. The molecule has 2 unspecified atom stereocenters. The third kappa shape index (κ3) is 2.92. The maximum absolute atomic E-state index is 13.0. The van der Waals surface area contributed by atoms with Crippen LogP contribution in [0.25, 0.3) is 0 Å². The summed E-state index contributed by atoms with van der Waals surface area (Å²) >= 11 is 0. The topological polar surface area (TPSA) is 102 Å². The predicted molar refractivity (Wildman–Crippen MR) is 93.5 cm³/mol. The molecule has 1 heterocycles. The summed E-state index contributed by atoms with van der Waals surface area (Å²) in [4.78, 5) is 38.7. The minimum Gasteiger partial charge on any atom is -0.336 e. The van der Waals surface area contributed by atoms with Gasteiger partial charge in [-0.25, -0.2) is 4.79 Å². The Morgan fingerprint density at radius 2 is 2.04 bits per heavy atom. The van der Waals surface area contributed by atoms with Gasteiger partial charge >= 0.3 is 6.03 Å². The summed E-state index contributed by atoms with van der Waals surface area (Å²) in [5.41, 5.74) is -1.44. The maximum Gasteiger partial charge on any atom is 0.325 e. The molecule has 0 bridgehead atoms. The van der Waals surface area contributed by atoms with Crippen molar-refractivity contribution in [3.05, 3.63) is 35.9 Å². The second-order valence-corrected chi connectivity index (χ2v) is 7.08. The molecule has 3 rings (SSSR count). The summed E-state index contributed by atoms with van der Waals surface area (Å²) in [7, 11) is 0. The van der Waals surface area contributed by atoms with E-state index in [-0.39, 0.29) is 5.92 Å². The quantitative estimate of drug-likeness (QED) is 0.758. The smallest absolute Gasteiger partial charge is 0.325 e. The number of nitrogens with zero attached hydrogens (tertiary/aromatic N) is 2. The molecule has 0 aromatic heterocycles. The van der Waals surface area contributed by atoms with Gasteiger partial charge < -0.3 is 10.6 Å². The van der Waals surface area contributed by atoms with Gasteiger partial charge in [0.15, 0.2) is 0 Å². The number of nitrogens with one attached hydrogen (secondary N) is 2. The number of rotatable bonds is 6. The fourth-order valence-electron chi connectivity index (χ4n) is 3.49. The number of benzene rings is 1. The summed E-state index contributed by atoms with van der Waals surface area (Å²) in [5.74, 6) is -0.834. The zero-order valence-corrected chi connectivity index (χ0v) is 14.9. The zero-order chi connectivity index (χ0) is 18.9. The Morgan fingerprint density at radius 1 is 1.38 bits per heavy atom. The summed E-state index contributed by atoms with van der Waals surface area (Å²) in [5, 5.41) is 14.8. The summed E-state index contributed by atoms with van der Waals surface area (Å²) in [6.45, 7) is 3.09. The highest BCUT2D eigenvalue weighted by molar-refractivity contribution is 6.09. The van der Waals surface area contributed by atoms with E-state index in [2.05, 4.69) is 16.7 Å². The lowest BCUT2D eigenvalue weighted by Crippen LogP contribution is -2.51. The van der Waals surface area contributed by atoms with Crippen LogP contribution in [0, 0.1) is 17.2 Å². The highest BCUT2D eigenvalue weighted by atomic mass is 16.2. The monoisotopic (exact) mass is 354 g/mol. The molecule has 1 saturated heterocycles. The Labute approximate surface area is 152 Å². The van der Waals surface area contributed by atoms with Crippen molar-refractivity contribution in [1.29, 1.82) is 5.26 Å². The van der Waals surface area contributed by atoms with E-state index in [1.165, 1.54) is 0 Å². The van der Waals surface area contributed by atoms with Crippen molar-refractivity contribution >= 4 is 17.8 Å². The molecular formula is C19H22N4O3. The number of hydrogen-bond donors (Lipinski definition) is 2. The number of carbonyl (C=O) groups is 3. The Balaban J connectivity index is 1.77. The van der Waals surface area contributed by atoms with Crippen molar-refractivity contribution in [1.82, 2.24) is 15.5 Å². The third-order valence-electron chi connectivity index (χ3n) is 5.30. The number of imide groups is 1. The lowest BCUT2D eigenvalue weighted by atomic mass is 9.87. The fourth-order valence-corrected chi connectivity index (χ4v) is 3.49. The molecule has 1 aliphatic carbocycles. The van der Waals surface area contributed by atoms with Crippen LogP contribution in [0.1, 0.15) is 38.7 Å². The van der Waals surface area contributed by atoms with Crippen molar-refractivity contribution in [2.45, 2.75) is 44.2 Å². The van der Waals surface area contributed by atoms with Crippen LogP contribution < -0.4 is 10.6 Å². The van der Waals surface area contributed by atoms with Crippen LogP contribution in [-0.4, -0.2) is 34.8 Å². The molecule has 26 heavy (non-hydrogen) atoms. The first-order valence-electron chi connectivity index (χ1n) is 8.78. The number of amides is 4. The zero-order valence-electron chi connectivity index (χ0n) is 14.9. The third-order valence-corrected chi connectivity index (χ3v) is 5.30. The van der Waals surface area contributed by atoms with E-state index < -0.39 is 35.5 Å². The SMILES string of the molecule is CCC1(c2ccccc2)NC(=O)N(CC(=O)NC(C)(C#N)C2CC2)C1=O. The van der Waals surface area contributed by atoms with Crippen molar-refractivity contribution < 1.29 is 14.4 Å². The van der Waals surface area contributed by atoms with E-state index >= 15 is 0 Å². The van der Waals surface area contributed by atoms with Gasteiger partial charge in [-0.3, -0.25) is 14.5 Å². The second kappa shape index (κ2) is 6.45. The van der Waals surface area contributed by atoms with Crippen LogP contribution in [0.2, 0.25) is 0 Å². The highest BCUT2D eigenvalue weighted by Crippen LogP contribution is 2.39. The summed E-state index contributed by atoms with van der Waals surface area (Å²) < 4.78 is 0. The molecular weight excluding hydrogens is 332 g/mol. The number of nitriles is 1. The Morgan fingerprint density at radius 3 is 2.58 bits per heavy atom. The van der Waals surface area contributed by atoms with Crippen molar-refractivity contribution in [3.63, 3.8) is 0 Å². The standard InChI is InChI=1S/C19H22N4O3/c1-3-19(14-7-5-4-6-8-14)16(25)23(17(26)22-19)11-15(24)21-18(2,12-20)13-9-10-13/h4-8,13H,3,9-11H2,1-2H3,(H,21,24)(H,22,26). The van der Waals surface area contributed by atoms with Gasteiger partial charge in [-0.15, -0.1) is 0 Å². The van der Waals surface area contributed by atoms with Crippen molar-refractivity contribution in [2.24, 2.45) is 5.92 Å². The van der Waals surface area contributed by atoms with Gasteiger partial charge in [-0.05, 0) is 37.7 Å². The molecule has 7 nitrogen and oxygen atoms in total. The van der Waals surface area contributed by atoms with Crippen LogP contribution in [0.4, 0.5) is 4.79 Å². The Bertz CT molecular complexity index is 784. The van der Waals surface area contributed by atoms with E-state index in [4.69, 9.17) is 0 Å². The predicted octanol–water partition coefficient (Wildman–Crippen LogP) is 1.65. The van der Waals surface area contributed by atoms with Crippen molar-refractivity contribution in [3.8, 4) is 6.07 Å². The fraction of sp³-hybridized carbons (Fsp3) is 0.474. The van der Waals surface area contributed by atoms with Gasteiger partial charge in [0.05, 0.1) is 6.07 Å². The molecule has 2 aliphatic rings. The van der Waals surface area contributed by atoms with Crippen LogP contribution >= 0.6 is 0 Å². The molecule has 2 atom stereocenters. The average Bonchev–Trinajstić information content (AvgIpc) is 3.46. The van der Waals surface area contributed by atoms with Crippen LogP contribution in [0.5, 0.6) is 0 Å². The molecule has 1 saturated carbocycles. The number of carbonyl (C=O) groups excluding carboxylic acids is 3. The van der Waals surface area contributed by atoms with E-state index in [0.717, 1.165) is 17.7 Å². The van der Waals surface area contributed by atoms with Gasteiger partial charge in [-0.1, -0.05) is 37.3 Å². The number of hydrogen-bond acceptors (Lipinski definition) is 4. The Kier molecular flexibility index (Phi) is 4.45. The molecule has 2 fully saturated rings. The van der Waals surface area contributed by atoms with Crippen LogP contribution in [0.3, 0.4) is 0 Å². The normalized spacial score (nSPS) is 24.6. The maximum atomic E-state index is 13.0. The second-order valence-electron chi connectivity index (χ2n) is 7.08. The lowest BCUT2D eigenvalue weighted by Gasteiger charge is -2.26. The first kappa shape index (κ1) is 17.9. The Hall–Kier alpha value is -2.88. The van der Waals surface area contributed by atoms with E-state index in [1.807, 2.05) is 13.0 Å². The highest BCUT2D eigenvalue weighted by Gasteiger charge is 2.52. The molecule has 136 valence electrons. The molecule has 1 aliphatic heterocycles. The van der Waals surface area contributed by atoms with Gasteiger partial charge in [0, 0.05) is 0 Å². The first-order chi connectivity index (χ1) is 12.4. The van der Waals surface area contributed by atoms with E-state index in [0.29, 0.717) is 12.0 Å². The molecule has 1 aromatic rings. The molecule has 0 spiro atoms.